The van der Waals surface area contributed by atoms with Crippen molar-refractivity contribution in [2.75, 3.05) is 14.2 Å². The predicted octanol–water partition coefficient (Wildman–Crippen LogP) is 4.57. The Balaban J connectivity index is 2.04. The van der Waals surface area contributed by atoms with Crippen LogP contribution in [0.2, 0.25) is 10.0 Å². The maximum Gasteiger partial charge on any atom is 0.358 e. The summed E-state index contributed by atoms with van der Waals surface area (Å²) in [5.41, 5.74) is 2.67. The van der Waals surface area contributed by atoms with Crippen molar-refractivity contribution in [2.24, 2.45) is 0 Å². The van der Waals surface area contributed by atoms with Crippen molar-refractivity contribution >= 4 is 29.2 Å². The van der Waals surface area contributed by atoms with Gasteiger partial charge in [0.2, 0.25) is 0 Å². The molecular weight excluding hydrogens is 375 g/mol. The molecule has 0 aliphatic carbocycles. The van der Waals surface area contributed by atoms with Gasteiger partial charge in [-0.3, -0.25) is 0 Å². The molecule has 5 nitrogen and oxygen atoms in total. The number of hydrogen-bond acceptors (Lipinski definition) is 4. The van der Waals surface area contributed by atoms with E-state index in [4.69, 9.17) is 32.7 Å². The molecule has 7 heteroatoms. The number of carbonyl (C=O) groups is 1. The summed E-state index contributed by atoms with van der Waals surface area (Å²) < 4.78 is 11.6. The second-order valence-electron chi connectivity index (χ2n) is 5.54. The van der Waals surface area contributed by atoms with E-state index in [1.165, 1.54) is 7.11 Å². The lowest BCUT2D eigenvalue weighted by molar-refractivity contribution is 0.0593. The average Bonchev–Trinajstić information content (AvgIpc) is 3.05. The smallest absolute Gasteiger partial charge is 0.358 e. The van der Waals surface area contributed by atoms with Gasteiger partial charge in [-0.05, 0) is 42.0 Å². The van der Waals surface area contributed by atoms with Gasteiger partial charge in [-0.1, -0.05) is 35.3 Å². The van der Waals surface area contributed by atoms with E-state index in [2.05, 4.69) is 5.10 Å². The van der Waals surface area contributed by atoms with Gasteiger partial charge < -0.3 is 9.47 Å². The zero-order chi connectivity index (χ0) is 18.7. The lowest BCUT2D eigenvalue weighted by atomic mass is 10.1. The monoisotopic (exact) mass is 390 g/mol. The number of nitrogens with zero attached hydrogens (tertiary/aromatic N) is 2. The zero-order valence-corrected chi connectivity index (χ0v) is 15.7. The zero-order valence-electron chi connectivity index (χ0n) is 14.2. The second kappa shape index (κ2) is 7.81. The third-order valence-electron chi connectivity index (χ3n) is 3.86. The number of hydrogen-bond donors (Lipinski definition) is 0. The van der Waals surface area contributed by atoms with Crippen LogP contribution in [0.1, 0.15) is 21.7 Å². The van der Waals surface area contributed by atoms with E-state index in [1.54, 1.807) is 36.1 Å². The summed E-state index contributed by atoms with van der Waals surface area (Å²) >= 11 is 12.3. The molecule has 0 saturated carbocycles. The first kappa shape index (κ1) is 18.3. The Bertz CT molecular complexity index is 936. The lowest BCUT2D eigenvalue weighted by Gasteiger charge is -2.10. The molecule has 0 bridgehead atoms. The number of halogens is 2. The molecule has 0 aliphatic heterocycles. The molecule has 0 atom stereocenters. The molecular formula is C19H16Cl2N2O3. The number of benzene rings is 2. The minimum absolute atomic E-state index is 0.210. The average molecular weight is 391 g/mol. The summed E-state index contributed by atoms with van der Waals surface area (Å²) in [5.74, 6) is 0.267. The molecule has 0 fully saturated rings. The van der Waals surface area contributed by atoms with Crippen LogP contribution in [-0.2, 0) is 11.2 Å². The van der Waals surface area contributed by atoms with E-state index in [0.717, 1.165) is 17.0 Å². The highest BCUT2D eigenvalue weighted by molar-refractivity contribution is 6.35. The van der Waals surface area contributed by atoms with E-state index in [1.807, 2.05) is 24.3 Å². The molecule has 3 aromatic rings. The van der Waals surface area contributed by atoms with Crippen LogP contribution in [0.5, 0.6) is 5.75 Å². The largest absolute Gasteiger partial charge is 0.497 e. The van der Waals surface area contributed by atoms with Gasteiger partial charge >= 0.3 is 5.97 Å². The van der Waals surface area contributed by atoms with Crippen molar-refractivity contribution in [2.45, 2.75) is 6.42 Å². The molecule has 0 spiro atoms. The first-order valence-electron chi connectivity index (χ1n) is 7.77. The normalized spacial score (nSPS) is 10.6. The van der Waals surface area contributed by atoms with Gasteiger partial charge in [0.25, 0.3) is 0 Å². The van der Waals surface area contributed by atoms with Crippen LogP contribution < -0.4 is 4.74 Å². The van der Waals surface area contributed by atoms with Crippen LogP contribution in [0.25, 0.3) is 5.69 Å². The first-order valence-corrected chi connectivity index (χ1v) is 8.53. The van der Waals surface area contributed by atoms with Crippen LogP contribution in [-0.4, -0.2) is 30.0 Å². The van der Waals surface area contributed by atoms with E-state index < -0.39 is 5.97 Å². The second-order valence-corrected chi connectivity index (χ2v) is 6.39. The van der Waals surface area contributed by atoms with Crippen molar-refractivity contribution < 1.29 is 14.3 Å². The predicted molar refractivity (Wildman–Crippen MR) is 101 cm³/mol. The standard InChI is InChI=1S/C19H16Cl2N2O3/c1-25-15-6-3-12(4-7-15)9-14-11-17(19(24)26-2)22-23(14)18-8-5-13(20)10-16(18)21/h3-8,10-11H,9H2,1-2H3. The molecule has 0 radical (unpaired) electrons. The summed E-state index contributed by atoms with van der Waals surface area (Å²) in [6.45, 7) is 0. The Kier molecular flexibility index (Phi) is 5.49. The molecule has 1 aromatic heterocycles. The van der Waals surface area contributed by atoms with Gasteiger partial charge in [0.15, 0.2) is 5.69 Å². The molecule has 0 amide bonds. The molecule has 1 heterocycles. The van der Waals surface area contributed by atoms with E-state index in [-0.39, 0.29) is 5.69 Å². The van der Waals surface area contributed by atoms with Crippen molar-refractivity contribution in [1.29, 1.82) is 0 Å². The fourth-order valence-corrected chi connectivity index (χ4v) is 3.05. The highest BCUT2D eigenvalue weighted by Gasteiger charge is 2.18. The van der Waals surface area contributed by atoms with Gasteiger partial charge in [-0.15, -0.1) is 0 Å². The fourth-order valence-electron chi connectivity index (χ4n) is 2.56. The SMILES string of the molecule is COC(=O)c1cc(Cc2ccc(OC)cc2)n(-c2ccc(Cl)cc2Cl)n1. The Morgan fingerprint density at radius 2 is 1.81 bits per heavy atom. The fraction of sp³-hybridized carbons (Fsp3) is 0.158. The summed E-state index contributed by atoms with van der Waals surface area (Å²) in [6.07, 6.45) is 0.549. The van der Waals surface area contributed by atoms with Gasteiger partial charge in [0, 0.05) is 17.1 Å². The highest BCUT2D eigenvalue weighted by atomic mass is 35.5. The van der Waals surface area contributed by atoms with Crippen molar-refractivity contribution in [3.63, 3.8) is 0 Å². The van der Waals surface area contributed by atoms with E-state index >= 15 is 0 Å². The number of rotatable bonds is 5. The Morgan fingerprint density at radius 1 is 1.08 bits per heavy atom. The molecule has 3 rings (SSSR count). The van der Waals surface area contributed by atoms with Crippen molar-refractivity contribution in [3.8, 4) is 11.4 Å². The Labute approximate surface area is 161 Å². The number of methoxy groups -OCH3 is 2. The molecule has 0 saturated heterocycles. The maximum absolute atomic E-state index is 11.9. The number of ether oxygens (including phenoxy) is 2. The Hall–Kier alpha value is -2.50. The van der Waals surface area contributed by atoms with E-state index in [9.17, 15) is 4.79 Å². The number of carbonyl (C=O) groups excluding carboxylic acids is 1. The molecule has 134 valence electrons. The van der Waals surface area contributed by atoms with Crippen LogP contribution in [0.3, 0.4) is 0 Å². The minimum Gasteiger partial charge on any atom is -0.497 e. The highest BCUT2D eigenvalue weighted by Crippen LogP contribution is 2.27. The van der Waals surface area contributed by atoms with Gasteiger partial charge in [-0.2, -0.15) is 5.10 Å². The van der Waals surface area contributed by atoms with Crippen LogP contribution in [0.15, 0.2) is 48.5 Å². The first-order chi connectivity index (χ1) is 12.5. The molecule has 2 aromatic carbocycles. The molecule has 26 heavy (non-hydrogen) atoms. The van der Waals surface area contributed by atoms with Gasteiger partial charge in [0.1, 0.15) is 5.75 Å². The summed E-state index contributed by atoms with van der Waals surface area (Å²) in [4.78, 5) is 11.9. The van der Waals surface area contributed by atoms with Crippen LogP contribution in [0, 0.1) is 0 Å². The van der Waals surface area contributed by atoms with Crippen molar-refractivity contribution in [3.05, 3.63) is 75.5 Å². The lowest BCUT2D eigenvalue weighted by Crippen LogP contribution is -2.06. The molecule has 0 unspecified atom stereocenters. The number of aromatic nitrogens is 2. The van der Waals surface area contributed by atoms with E-state index in [0.29, 0.717) is 22.2 Å². The van der Waals surface area contributed by atoms with Crippen LogP contribution >= 0.6 is 23.2 Å². The topological polar surface area (TPSA) is 53.4 Å². The minimum atomic E-state index is -0.509. The summed E-state index contributed by atoms with van der Waals surface area (Å²) in [6, 6.07) is 14.5. The summed E-state index contributed by atoms with van der Waals surface area (Å²) in [5, 5.41) is 5.32. The third-order valence-corrected chi connectivity index (χ3v) is 4.40. The molecule has 0 N–H and O–H groups in total. The van der Waals surface area contributed by atoms with Gasteiger partial charge in [-0.25, -0.2) is 9.48 Å². The molecule has 0 aliphatic rings. The van der Waals surface area contributed by atoms with Crippen molar-refractivity contribution in [1.82, 2.24) is 9.78 Å². The third kappa shape index (κ3) is 3.84. The van der Waals surface area contributed by atoms with Crippen LogP contribution in [0.4, 0.5) is 0 Å². The Morgan fingerprint density at radius 3 is 2.42 bits per heavy atom. The maximum atomic E-state index is 11.9. The number of esters is 1. The quantitative estimate of drug-likeness (QED) is 0.598. The summed E-state index contributed by atoms with van der Waals surface area (Å²) in [7, 11) is 2.94. The van der Waals surface area contributed by atoms with Gasteiger partial charge in [0.05, 0.1) is 24.9 Å².